The van der Waals surface area contributed by atoms with Gasteiger partial charge in [-0.3, -0.25) is 14.4 Å². The van der Waals surface area contributed by atoms with Crippen LogP contribution in [0.5, 0.6) is 23.0 Å². The van der Waals surface area contributed by atoms with Gasteiger partial charge < -0.3 is 48.9 Å². The van der Waals surface area contributed by atoms with Crippen LogP contribution < -0.4 is 30.2 Å². The molecule has 7 N–H and O–H groups in total. The normalized spacial score (nSPS) is 14.1. The molecule has 2 unspecified atom stereocenters. The molecule has 2 heterocycles. The summed E-state index contributed by atoms with van der Waals surface area (Å²) in [6.07, 6.45) is 5.00. The molecule has 1 aliphatic heterocycles. The zero-order valence-corrected chi connectivity index (χ0v) is 38.5. The summed E-state index contributed by atoms with van der Waals surface area (Å²) in [6, 6.07) is 21.6. The number of hydrogen-bond acceptors (Lipinski definition) is 13. The summed E-state index contributed by atoms with van der Waals surface area (Å²) in [5.74, 6) is 0.669. The highest BCUT2D eigenvalue weighted by Gasteiger charge is 2.29. The number of fused-ring (bicyclic) bond motifs is 1. The second kappa shape index (κ2) is 23.7. The molecular weight excluding hydrogens is 884 g/mol. The largest absolute Gasteiger partial charge is 0.507 e. The van der Waals surface area contributed by atoms with Crippen molar-refractivity contribution in [1.82, 2.24) is 20.9 Å². The highest BCUT2D eigenvalue weighted by atomic mass is 32.3. The van der Waals surface area contributed by atoms with Crippen LogP contribution in [0, 0.1) is 5.82 Å². The second-order valence-corrected chi connectivity index (χ2v) is 17.4. The van der Waals surface area contributed by atoms with Crippen LogP contribution in [0.4, 0.5) is 10.2 Å². The van der Waals surface area contributed by atoms with Gasteiger partial charge in [0, 0.05) is 42.9 Å². The van der Waals surface area contributed by atoms with Gasteiger partial charge in [-0.15, -0.1) is 5.11 Å². The van der Waals surface area contributed by atoms with Crippen molar-refractivity contribution < 1.29 is 51.7 Å². The van der Waals surface area contributed by atoms with Crippen molar-refractivity contribution in [2.24, 2.45) is 10.2 Å². The minimum absolute atomic E-state index is 0.0454. The maximum absolute atomic E-state index is 13.5. The first kappa shape index (κ1) is 49.8. The number of nitrogens with one attached hydrogen (secondary N) is 3. The zero-order valence-electron chi connectivity index (χ0n) is 37.7. The van der Waals surface area contributed by atoms with Gasteiger partial charge in [0.05, 0.1) is 30.2 Å². The number of halogens is 1. The highest BCUT2D eigenvalue weighted by Crippen LogP contribution is 2.45. The molecule has 16 nitrogen and oxygen atoms in total. The molecule has 0 saturated carbocycles. The van der Waals surface area contributed by atoms with Crippen molar-refractivity contribution >= 4 is 34.4 Å². The van der Waals surface area contributed by atoms with Gasteiger partial charge in [0.25, 0.3) is 11.8 Å². The number of aromatic nitrogens is 1. The fraction of sp³-hybridized carbons (Fsp3) is 0.347. The van der Waals surface area contributed by atoms with Crippen molar-refractivity contribution in [2.45, 2.75) is 89.3 Å². The average Bonchev–Trinajstić information content (AvgIpc) is 3.32. The fourth-order valence-corrected chi connectivity index (χ4v) is 8.14. The predicted molar refractivity (Wildman–Crippen MR) is 252 cm³/mol. The molecule has 0 spiro atoms. The molecule has 0 saturated heterocycles. The summed E-state index contributed by atoms with van der Waals surface area (Å²) in [5.41, 5.74) is 4.74. The number of amides is 3. The quantitative estimate of drug-likeness (QED) is 0.0256. The number of benzene rings is 4. The van der Waals surface area contributed by atoms with Crippen LogP contribution in [0.1, 0.15) is 79.1 Å². The second-order valence-electron chi connectivity index (χ2n) is 15.9. The van der Waals surface area contributed by atoms with Crippen LogP contribution >= 0.6 is 10.9 Å². The number of hydrogen-bond donors (Lipinski definition) is 7. The van der Waals surface area contributed by atoms with E-state index in [-0.39, 0.29) is 46.8 Å². The Labute approximate surface area is 390 Å². The van der Waals surface area contributed by atoms with Gasteiger partial charge in [-0.25, -0.2) is 9.37 Å². The first-order valence-electron chi connectivity index (χ1n) is 22.2. The number of carbonyl (C=O) groups excluding carboxylic acids is 3. The van der Waals surface area contributed by atoms with E-state index < -0.39 is 34.8 Å². The van der Waals surface area contributed by atoms with Crippen LogP contribution in [-0.4, -0.2) is 79.9 Å². The minimum atomic E-state index is -3.92. The number of nitrogens with zero attached hydrogens (tertiary/aromatic N) is 3. The van der Waals surface area contributed by atoms with Crippen molar-refractivity contribution in [3.05, 3.63) is 125 Å². The van der Waals surface area contributed by atoms with Crippen LogP contribution in [0.2, 0.25) is 0 Å². The van der Waals surface area contributed by atoms with Gasteiger partial charge in [0.2, 0.25) is 5.91 Å². The molecule has 4 aromatic carbocycles. The Morgan fingerprint density at radius 1 is 0.910 bits per heavy atom. The van der Waals surface area contributed by atoms with Gasteiger partial charge in [0.1, 0.15) is 45.7 Å². The van der Waals surface area contributed by atoms with Crippen molar-refractivity contribution in [3.63, 3.8) is 0 Å². The molecule has 0 radical (unpaired) electrons. The van der Waals surface area contributed by atoms with Crippen LogP contribution in [0.15, 0.2) is 106 Å². The Bertz CT molecular complexity index is 2520. The van der Waals surface area contributed by atoms with Crippen molar-refractivity contribution in [2.75, 3.05) is 26.3 Å². The number of phenols is 1. The van der Waals surface area contributed by atoms with E-state index in [2.05, 4.69) is 38.1 Å². The summed E-state index contributed by atoms with van der Waals surface area (Å²) in [7, 11) is -3.92. The summed E-state index contributed by atoms with van der Waals surface area (Å²) in [6.45, 7) is 6.85. The molecule has 1 aromatic heterocycles. The third-order valence-corrected chi connectivity index (χ3v) is 11.9. The first-order valence-corrected chi connectivity index (χ1v) is 23.7. The lowest BCUT2D eigenvalue weighted by Crippen LogP contribution is -2.45. The molecule has 3 amide bonds. The van der Waals surface area contributed by atoms with Crippen LogP contribution in [-0.2, 0) is 35.4 Å². The predicted octanol–water partition coefficient (Wildman–Crippen LogP) is 8.96. The molecule has 0 aliphatic carbocycles. The standard InChI is InChI=1S/C49H57FN6O10S/c1-4-10-38-41(64-25-9-26-65-43-28-40(57)39(27-32(43)5-2)33-13-18-37(50)19-14-33)20-15-34-16-21-42(66-46(34)38)49(60)52-24-8-23-51-47(58)31(3)55-48(59)36-17-22-45(53-29-36)56-54-30-35-11-6-7-12-44(35)67(61,62)63/h6-7,11-15,17-20,22,27-29,31,42,57,61-63H,4-5,8-10,16,21,23-26,30H2,1-3H3,(H,51,58)(H,52,60)(H,55,59). The monoisotopic (exact) mass is 940 g/mol. The van der Waals surface area contributed by atoms with E-state index in [0.717, 1.165) is 23.1 Å². The van der Waals surface area contributed by atoms with Gasteiger partial charge in [0.15, 0.2) is 11.9 Å². The Morgan fingerprint density at radius 2 is 1.66 bits per heavy atom. The van der Waals surface area contributed by atoms with E-state index in [0.29, 0.717) is 92.2 Å². The fourth-order valence-electron chi connectivity index (χ4n) is 7.39. The lowest BCUT2D eigenvalue weighted by molar-refractivity contribution is -0.128. The highest BCUT2D eigenvalue weighted by molar-refractivity contribution is 8.19. The van der Waals surface area contributed by atoms with E-state index in [1.165, 1.54) is 36.5 Å². The maximum atomic E-state index is 13.5. The lowest BCUT2D eigenvalue weighted by Gasteiger charge is -2.28. The first-order chi connectivity index (χ1) is 32.2. The third kappa shape index (κ3) is 13.7. The molecule has 0 bridgehead atoms. The van der Waals surface area contributed by atoms with E-state index in [1.807, 2.05) is 25.1 Å². The van der Waals surface area contributed by atoms with E-state index >= 15 is 0 Å². The summed E-state index contributed by atoms with van der Waals surface area (Å²) < 4.78 is 61.0. The molecule has 0 fully saturated rings. The van der Waals surface area contributed by atoms with Crippen molar-refractivity contribution in [3.8, 4) is 34.1 Å². The maximum Gasteiger partial charge on any atom is 0.261 e. The average molecular weight is 941 g/mol. The van der Waals surface area contributed by atoms with E-state index in [9.17, 15) is 37.5 Å². The Morgan fingerprint density at radius 3 is 2.37 bits per heavy atom. The molecule has 356 valence electrons. The minimum Gasteiger partial charge on any atom is -0.507 e. The molecule has 2 atom stereocenters. The SMILES string of the molecule is CCCc1c(OCCCOc2cc(O)c(-c3ccc(F)cc3)cc2CC)ccc2c1OC(C(=O)NCCCNC(=O)C(C)NC(=O)c1ccc(N=NCc3ccccc3S(O)(O)O)nc1)CC2. The number of azo groups is 1. The Kier molecular flexibility index (Phi) is 17.6. The van der Waals surface area contributed by atoms with Gasteiger partial charge in [-0.05, 0) is 104 Å². The van der Waals surface area contributed by atoms with Gasteiger partial charge in [-0.2, -0.15) is 5.11 Å². The lowest BCUT2D eigenvalue weighted by atomic mass is 9.96. The number of rotatable bonds is 22. The van der Waals surface area contributed by atoms with E-state index in [1.54, 1.807) is 43.3 Å². The van der Waals surface area contributed by atoms with Gasteiger partial charge in [-0.1, -0.05) is 56.7 Å². The Hall–Kier alpha value is -6.60. The topological polar surface area (TPSA) is 234 Å². The smallest absolute Gasteiger partial charge is 0.261 e. The number of phenolic OH excluding ortho intramolecular Hbond substituents is 1. The molecule has 1 aliphatic rings. The zero-order chi connectivity index (χ0) is 47.9. The number of aromatic hydroxyl groups is 1. The molecule has 67 heavy (non-hydrogen) atoms. The third-order valence-electron chi connectivity index (χ3n) is 10.9. The Balaban J connectivity index is 0.905. The number of aryl methyl sites for hydroxylation is 2. The van der Waals surface area contributed by atoms with Crippen molar-refractivity contribution in [1.29, 1.82) is 0 Å². The van der Waals surface area contributed by atoms with Crippen LogP contribution in [0.25, 0.3) is 11.1 Å². The molecular formula is C49H57FN6O10S. The van der Waals surface area contributed by atoms with Gasteiger partial charge >= 0.3 is 0 Å². The summed E-state index contributed by atoms with van der Waals surface area (Å²) in [5, 5.41) is 27.1. The molecule has 6 rings (SSSR count). The number of pyridine rings is 1. The summed E-state index contributed by atoms with van der Waals surface area (Å²) in [4.78, 5) is 42.9. The molecule has 18 heteroatoms. The number of carbonyl (C=O) groups is 3. The van der Waals surface area contributed by atoms with Crippen LogP contribution in [0.3, 0.4) is 0 Å². The molecule has 5 aromatic rings. The van der Waals surface area contributed by atoms with E-state index in [4.69, 9.17) is 14.2 Å². The summed E-state index contributed by atoms with van der Waals surface area (Å²) >= 11 is 0. The number of ether oxygens (including phenoxy) is 3.